The lowest BCUT2D eigenvalue weighted by Crippen LogP contribution is -2.00. The monoisotopic (exact) mass is 269 g/mol. The molecule has 0 spiro atoms. The van der Waals surface area contributed by atoms with Crippen LogP contribution in [0.15, 0.2) is 48.7 Å². The first kappa shape index (κ1) is 12.9. The molecule has 2 nitrogen and oxygen atoms in total. The Kier molecular flexibility index (Phi) is 3.28. The Labute approximate surface area is 117 Å². The van der Waals surface area contributed by atoms with Crippen molar-refractivity contribution in [2.75, 3.05) is 0 Å². The average Bonchev–Trinajstić information content (AvgIpc) is 2.86. The number of fused-ring (bicyclic) bond motifs is 1. The van der Waals surface area contributed by atoms with E-state index < -0.39 is 0 Å². The number of halogens is 1. The minimum atomic E-state index is -0.210. The topological polar surface area (TPSA) is 25.2 Å². The van der Waals surface area contributed by atoms with Crippen LogP contribution in [0.25, 0.3) is 10.9 Å². The number of aliphatic hydroxyl groups is 1. The Bertz CT molecular complexity index is 761. The third kappa shape index (κ3) is 2.21. The fourth-order valence-corrected chi connectivity index (χ4v) is 2.56. The van der Waals surface area contributed by atoms with E-state index in [9.17, 15) is 9.50 Å². The van der Waals surface area contributed by atoms with Gasteiger partial charge in [-0.05, 0) is 47.9 Å². The molecule has 3 heteroatoms. The molecule has 2 aromatic carbocycles. The molecule has 1 N–H and O–H groups in total. The standard InChI is InChI=1S/C17H16FNO/c1-12-5-6-15(18)9-14(12)10-19-8-7-16-13(11-20)3-2-4-17(16)19/h2-9,20H,10-11H2,1H3. The third-order valence-electron chi connectivity index (χ3n) is 3.73. The zero-order valence-corrected chi connectivity index (χ0v) is 11.3. The number of hydrogen-bond donors (Lipinski definition) is 1. The second-order valence-electron chi connectivity index (χ2n) is 5.02. The molecule has 0 atom stereocenters. The molecule has 0 unspecified atom stereocenters. The molecule has 1 aromatic heterocycles. The summed E-state index contributed by atoms with van der Waals surface area (Å²) in [5.74, 6) is -0.210. The van der Waals surface area contributed by atoms with E-state index in [1.807, 2.05) is 37.4 Å². The first-order chi connectivity index (χ1) is 9.69. The molecule has 102 valence electrons. The molecule has 0 saturated carbocycles. The van der Waals surface area contributed by atoms with Crippen molar-refractivity contribution in [2.24, 2.45) is 0 Å². The van der Waals surface area contributed by atoms with Gasteiger partial charge in [-0.3, -0.25) is 0 Å². The van der Waals surface area contributed by atoms with E-state index in [0.29, 0.717) is 6.54 Å². The quantitative estimate of drug-likeness (QED) is 0.771. The molecule has 0 radical (unpaired) electrons. The summed E-state index contributed by atoms with van der Waals surface area (Å²) in [6.45, 7) is 2.64. The summed E-state index contributed by atoms with van der Waals surface area (Å²) < 4.78 is 15.4. The summed E-state index contributed by atoms with van der Waals surface area (Å²) in [5.41, 5.74) is 4.01. The van der Waals surface area contributed by atoms with Gasteiger partial charge < -0.3 is 9.67 Å². The Morgan fingerprint density at radius 3 is 2.75 bits per heavy atom. The van der Waals surface area contributed by atoms with Crippen LogP contribution in [0.2, 0.25) is 0 Å². The number of aliphatic hydroxyl groups excluding tert-OH is 1. The van der Waals surface area contributed by atoms with Gasteiger partial charge in [-0.15, -0.1) is 0 Å². The fourth-order valence-electron chi connectivity index (χ4n) is 2.56. The van der Waals surface area contributed by atoms with E-state index in [0.717, 1.165) is 27.6 Å². The highest BCUT2D eigenvalue weighted by molar-refractivity contribution is 5.83. The van der Waals surface area contributed by atoms with Crippen LogP contribution in [0.1, 0.15) is 16.7 Å². The number of benzene rings is 2. The van der Waals surface area contributed by atoms with Crippen LogP contribution in [0.3, 0.4) is 0 Å². The molecule has 20 heavy (non-hydrogen) atoms. The summed E-state index contributed by atoms with van der Waals surface area (Å²) in [5, 5.41) is 10.4. The molecule has 0 aliphatic heterocycles. The summed E-state index contributed by atoms with van der Waals surface area (Å²) in [4.78, 5) is 0. The molecule has 0 amide bonds. The smallest absolute Gasteiger partial charge is 0.123 e. The second-order valence-corrected chi connectivity index (χ2v) is 5.02. The Balaban J connectivity index is 2.05. The first-order valence-electron chi connectivity index (χ1n) is 6.61. The lowest BCUT2D eigenvalue weighted by atomic mass is 10.1. The van der Waals surface area contributed by atoms with E-state index in [-0.39, 0.29) is 12.4 Å². The van der Waals surface area contributed by atoms with Crippen molar-refractivity contribution in [1.82, 2.24) is 4.57 Å². The molecular weight excluding hydrogens is 253 g/mol. The summed E-state index contributed by atoms with van der Waals surface area (Å²) >= 11 is 0. The van der Waals surface area contributed by atoms with Crippen LogP contribution in [0.4, 0.5) is 4.39 Å². The van der Waals surface area contributed by atoms with E-state index in [2.05, 4.69) is 4.57 Å². The minimum Gasteiger partial charge on any atom is -0.392 e. The van der Waals surface area contributed by atoms with Crippen LogP contribution in [-0.4, -0.2) is 9.67 Å². The number of rotatable bonds is 3. The molecule has 0 aliphatic rings. The highest BCUT2D eigenvalue weighted by atomic mass is 19.1. The van der Waals surface area contributed by atoms with Crippen molar-refractivity contribution < 1.29 is 9.50 Å². The molecule has 3 rings (SSSR count). The van der Waals surface area contributed by atoms with Gasteiger partial charge in [0.1, 0.15) is 5.82 Å². The summed E-state index contributed by atoms with van der Waals surface area (Å²) in [6, 6.07) is 12.7. The molecule has 3 aromatic rings. The van der Waals surface area contributed by atoms with Gasteiger partial charge in [0, 0.05) is 23.6 Å². The van der Waals surface area contributed by atoms with Crippen molar-refractivity contribution >= 4 is 10.9 Å². The van der Waals surface area contributed by atoms with Gasteiger partial charge >= 0.3 is 0 Å². The molecule has 0 saturated heterocycles. The molecule has 0 fully saturated rings. The van der Waals surface area contributed by atoms with E-state index >= 15 is 0 Å². The van der Waals surface area contributed by atoms with Crippen LogP contribution in [-0.2, 0) is 13.2 Å². The number of hydrogen-bond acceptors (Lipinski definition) is 1. The Morgan fingerprint density at radius 2 is 1.95 bits per heavy atom. The zero-order chi connectivity index (χ0) is 14.1. The lowest BCUT2D eigenvalue weighted by Gasteiger charge is -2.09. The van der Waals surface area contributed by atoms with Gasteiger partial charge in [-0.25, -0.2) is 4.39 Å². The van der Waals surface area contributed by atoms with Crippen LogP contribution >= 0.6 is 0 Å². The predicted molar refractivity (Wildman–Crippen MR) is 78.1 cm³/mol. The van der Waals surface area contributed by atoms with Crippen molar-refractivity contribution in [2.45, 2.75) is 20.1 Å². The van der Waals surface area contributed by atoms with Gasteiger partial charge in [0.25, 0.3) is 0 Å². The summed E-state index contributed by atoms with van der Waals surface area (Å²) in [7, 11) is 0. The largest absolute Gasteiger partial charge is 0.392 e. The molecule has 0 aliphatic carbocycles. The van der Waals surface area contributed by atoms with Crippen molar-refractivity contribution in [3.8, 4) is 0 Å². The fraction of sp³-hybridized carbons (Fsp3) is 0.176. The van der Waals surface area contributed by atoms with Crippen LogP contribution < -0.4 is 0 Å². The SMILES string of the molecule is Cc1ccc(F)cc1Cn1ccc2c(CO)cccc21. The van der Waals surface area contributed by atoms with Crippen LogP contribution in [0.5, 0.6) is 0 Å². The Morgan fingerprint density at radius 1 is 1.10 bits per heavy atom. The van der Waals surface area contributed by atoms with Crippen LogP contribution in [0, 0.1) is 12.7 Å². The van der Waals surface area contributed by atoms with Gasteiger partial charge in [0.2, 0.25) is 0 Å². The predicted octanol–water partition coefficient (Wildman–Crippen LogP) is 3.63. The normalized spacial score (nSPS) is 11.2. The third-order valence-corrected chi connectivity index (χ3v) is 3.73. The van der Waals surface area contributed by atoms with E-state index in [1.165, 1.54) is 6.07 Å². The average molecular weight is 269 g/mol. The second kappa shape index (κ2) is 5.10. The number of aromatic nitrogens is 1. The minimum absolute atomic E-state index is 0.0281. The number of aryl methyl sites for hydroxylation is 1. The van der Waals surface area contributed by atoms with Gasteiger partial charge in [0.05, 0.1) is 6.61 Å². The summed E-state index contributed by atoms with van der Waals surface area (Å²) in [6.07, 6.45) is 1.98. The highest BCUT2D eigenvalue weighted by Gasteiger charge is 2.07. The Hall–Kier alpha value is -2.13. The van der Waals surface area contributed by atoms with Gasteiger partial charge in [-0.2, -0.15) is 0 Å². The highest BCUT2D eigenvalue weighted by Crippen LogP contribution is 2.22. The van der Waals surface area contributed by atoms with E-state index in [4.69, 9.17) is 0 Å². The van der Waals surface area contributed by atoms with Gasteiger partial charge in [-0.1, -0.05) is 18.2 Å². The lowest BCUT2D eigenvalue weighted by molar-refractivity contribution is 0.283. The zero-order valence-electron chi connectivity index (χ0n) is 11.3. The van der Waals surface area contributed by atoms with Crippen molar-refractivity contribution in [1.29, 1.82) is 0 Å². The molecular formula is C17H16FNO. The van der Waals surface area contributed by atoms with Crippen molar-refractivity contribution in [3.63, 3.8) is 0 Å². The van der Waals surface area contributed by atoms with Gasteiger partial charge in [0.15, 0.2) is 0 Å². The first-order valence-corrected chi connectivity index (χ1v) is 6.61. The number of nitrogens with zero attached hydrogens (tertiary/aromatic N) is 1. The molecule has 1 heterocycles. The maximum Gasteiger partial charge on any atom is 0.123 e. The van der Waals surface area contributed by atoms with E-state index in [1.54, 1.807) is 12.1 Å². The maximum atomic E-state index is 13.4. The maximum absolute atomic E-state index is 13.4. The van der Waals surface area contributed by atoms with Crippen molar-refractivity contribution in [3.05, 3.63) is 71.2 Å². The molecule has 0 bridgehead atoms.